The van der Waals surface area contributed by atoms with Crippen LogP contribution in [0.25, 0.3) is 0 Å². The van der Waals surface area contributed by atoms with Crippen LogP contribution in [0.15, 0.2) is 18.2 Å². The summed E-state index contributed by atoms with van der Waals surface area (Å²) in [5.41, 5.74) is 2.55. The molecule has 0 N–H and O–H groups in total. The molecule has 0 atom stereocenters. The van der Waals surface area contributed by atoms with Crippen LogP contribution < -0.4 is 4.74 Å². The van der Waals surface area contributed by atoms with Crippen molar-refractivity contribution < 1.29 is 4.74 Å². The van der Waals surface area contributed by atoms with Crippen LogP contribution in [-0.2, 0) is 0 Å². The van der Waals surface area contributed by atoms with Crippen LogP contribution in [0.5, 0.6) is 5.75 Å². The van der Waals surface area contributed by atoms with E-state index in [9.17, 15) is 0 Å². The first-order chi connectivity index (χ1) is 5.24. The average molecular weight is 149 g/mol. The monoisotopic (exact) mass is 149 g/mol. The fourth-order valence-electron chi connectivity index (χ4n) is 0.922. The van der Waals surface area contributed by atoms with Crippen molar-refractivity contribution in [3.8, 4) is 5.75 Å². The number of hydrogen-bond donors (Lipinski definition) is 0. The van der Waals surface area contributed by atoms with Gasteiger partial charge >= 0.3 is 0 Å². The van der Waals surface area contributed by atoms with Crippen molar-refractivity contribution in [3.05, 3.63) is 36.2 Å². The summed E-state index contributed by atoms with van der Waals surface area (Å²) in [6, 6.07) is 6.05. The summed E-state index contributed by atoms with van der Waals surface area (Å²) in [5.74, 6) is 0.906. The molecule has 0 aromatic heterocycles. The third kappa shape index (κ3) is 1.97. The predicted molar refractivity (Wildman–Crippen MR) is 46.8 cm³/mol. The molecule has 0 saturated heterocycles. The van der Waals surface area contributed by atoms with Crippen LogP contribution in [0.3, 0.4) is 0 Å². The van der Waals surface area contributed by atoms with E-state index < -0.39 is 0 Å². The Hall–Kier alpha value is -0.980. The fraction of sp³-hybridized carbons (Fsp3) is 0.300. The maximum absolute atomic E-state index is 5.23. The molecule has 0 bridgehead atoms. The minimum atomic E-state index is 0.489. The van der Waals surface area contributed by atoms with Crippen LogP contribution >= 0.6 is 0 Å². The highest BCUT2D eigenvalue weighted by atomic mass is 16.5. The lowest BCUT2D eigenvalue weighted by atomic mass is 10.1. The Balaban J connectivity index is 2.86. The molecule has 0 fully saturated rings. The van der Waals surface area contributed by atoms with Crippen molar-refractivity contribution in [2.24, 2.45) is 0 Å². The molecule has 0 unspecified atom stereocenters. The van der Waals surface area contributed by atoms with Gasteiger partial charge in [-0.3, -0.25) is 0 Å². The largest absolute Gasteiger partial charge is 0.494 e. The zero-order chi connectivity index (χ0) is 8.27. The topological polar surface area (TPSA) is 9.23 Å². The Morgan fingerprint density at radius 2 is 2.00 bits per heavy atom. The standard InChI is InChI=1S/C10H13O/c1-4-11-10-6-5-8(2)9(3)7-10/h5-7H,1,4H2,2-3H3. The molecule has 0 amide bonds. The SMILES string of the molecule is [CH2]COc1ccc(C)c(C)c1. The molecule has 0 aliphatic carbocycles. The first kappa shape index (κ1) is 8.12. The van der Waals surface area contributed by atoms with Gasteiger partial charge in [-0.15, -0.1) is 0 Å². The molecule has 1 nitrogen and oxygen atoms in total. The van der Waals surface area contributed by atoms with Crippen molar-refractivity contribution >= 4 is 0 Å². The normalized spacial score (nSPS) is 9.73. The Labute approximate surface area is 68.0 Å². The summed E-state index contributed by atoms with van der Waals surface area (Å²) in [7, 11) is 0. The third-order valence-corrected chi connectivity index (χ3v) is 1.75. The van der Waals surface area contributed by atoms with Crippen LogP contribution in [0.1, 0.15) is 11.1 Å². The Morgan fingerprint density at radius 3 is 2.55 bits per heavy atom. The second-order valence-electron chi connectivity index (χ2n) is 2.59. The van der Waals surface area contributed by atoms with E-state index in [1.54, 1.807) is 0 Å². The summed E-state index contributed by atoms with van der Waals surface area (Å²) in [6.45, 7) is 8.26. The number of ether oxygens (including phenoxy) is 1. The highest BCUT2D eigenvalue weighted by molar-refractivity contribution is 5.33. The molecule has 1 radical (unpaired) electrons. The van der Waals surface area contributed by atoms with Crippen LogP contribution in [0.4, 0.5) is 0 Å². The molecule has 1 heteroatoms. The number of hydrogen-bond acceptors (Lipinski definition) is 1. The predicted octanol–water partition coefficient (Wildman–Crippen LogP) is 2.52. The molecule has 0 aliphatic rings. The van der Waals surface area contributed by atoms with Crippen molar-refractivity contribution in [2.45, 2.75) is 13.8 Å². The molecule has 59 valence electrons. The zero-order valence-corrected chi connectivity index (χ0v) is 7.05. The van der Waals surface area contributed by atoms with Gasteiger partial charge in [0.1, 0.15) is 5.75 Å². The second-order valence-corrected chi connectivity index (χ2v) is 2.59. The summed E-state index contributed by atoms with van der Waals surface area (Å²) < 4.78 is 5.23. The first-order valence-electron chi connectivity index (χ1n) is 3.73. The Kier molecular flexibility index (Phi) is 2.53. The van der Waals surface area contributed by atoms with Gasteiger partial charge in [0.2, 0.25) is 0 Å². The molecular formula is C10H13O. The minimum absolute atomic E-state index is 0.489. The highest BCUT2D eigenvalue weighted by Gasteiger charge is 1.94. The highest BCUT2D eigenvalue weighted by Crippen LogP contribution is 2.15. The quantitative estimate of drug-likeness (QED) is 0.627. The maximum Gasteiger partial charge on any atom is 0.119 e. The van der Waals surface area contributed by atoms with Crippen molar-refractivity contribution in [1.82, 2.24) is 0 Å². The van der Waals surface area contributed by atoms with E-state index in [0.717, 1.165) is 5.75 Å². The molecule has 0 spiro atoms. The summed E-state index contributed by atoms with van der Waals surface area (Å²) in [5, 5.41) is 0. The summed E-state index contributed by atoms with van der Waals surface area (Å²) in [4.78, 5) is 0. The molecule has 1 aromatic carbocycles. The lowest BCUT2D eigenvalue weighted by Gasteiger charge is -2.04. The van der Waals surface area contributed by atoms with Gasteiger partial charge < -0.3 is 4.74 Å². The van der Waals surface area contributed by atoms with E-state index in [4.69, 9.17) is 4.74 Å². The lowest BCUT2D eigenvalue weighted by molar-refractivity contribution is 0.361. The molecule has 0 saturated carbocycles. The molecular weight excluding hydrogens is 136 g/mol. The smallest absolute Gasteiger partial charge is 0.119 e. The van der Waals surface area contributed by atoms with Gasteiger partial charge in [-0.2, -0.15) is 0 Å². The molecule has 1 rings (SSSR count). The average Bonchev–Trinajstić information content (AvgIpc) is 1.98. The van der Waals surface area contributed by atoms with E-state index >= 15 is 0 Å². The van der Waals surface area contributed by atoms with Gasteiger partial charge in [0.05, 0.1) is 6.61 Å². The molecule has 11 heavy (non-hydrogen) atoms. The fourth-order valence-corrected chi connectivity index (χ4v) is 0.922. The number of rotatable bonds is 2. The van der Waals surface area contributed by atoms with E-state index in [0.29, 0.717) is 6.61 Å². The van der Waals surface area contributed by atoms with E-state index in [1.807, 2.05) is 12.1 Å². The Bertz CT molecular complexity index is 241. The Morgan fingerprint density at radius 1 is 1.27 bits per heavy atom. The van der Waals surface area contributed by atoms with Crippen molar-refractivity contribution in [3.63, 3.8) is 0 Å². The number of aryl methyl sites for hydroxylation is 2. The molecule has 1 aromatic rings. The number of benzene rings is 1. The van der Waals surface area contributed by atoms with Crippen LogP contribution in [0, 0.1) is 20.8 Å². The van der Waals surface area contributed by atoms with Gasteiger partial charge in [-0.05, 0) is 44.0 Å². The van der Waals surface area contributed by atoms with Crippen LogP contribution in [-0.4, -0.2) is 6.61 Å². The molecule has 0 heterocycles. The second kappa shape index (κ2) is 3.42. The first-order valence-corrected chi connectivity index (χ1v) is 3.73. The van der Waals surface area contributed by atoms with Gasteiger partial charge in [0, 0.05) is 0 Å². The van der Waals surface area contributed by atoms with Crippen molar-refractivity contribution in [2.75, 3.05) is 6.61 Å². The summed E-state index contributed by atoms with van der Waals surface area (Å²) in [6.07, 6.45) is 0. The van der Waals surface area contributed by atoms with Crippen LogP contribution in [0.2, 0.25) is 0 Å². The molecule has 0 aliphatic heterocycles. The van der Waals surface area contributed by atoms with E-state index in [-0.39, 0.29) is 0 Å². The van der Waals surface area contributed by atoms with Gasteiger partial charge in [-0.25, -0.2) is 0 Å². The third-order valence-electron chi connectivity index (χ3n) is 1.75. The summed E-state index contributed by atoms with van der Waals surface area (Å²) >= 11 is 0. The van der Waals surface area contributed by atoms with Gasteiger partial charge in [0.25, 0.3) is 0 Å². The maximum atomic E-state index is 5.23. The van der Waals surface area contributed by atoms with E-state index in [1.165, 1.54) is 11.1 Å². The van der Waals surface area contributed by atoms with Gasteiger partial charge in [-0.1, -0.05) is 6.07 Å². The minimum Gasteiger partial charge on any atom is -0.494 e. The van der Waals surface area contributed by atoms with E-state index in [2.05, 4.69) is 26.8 Å². The van der Waals surface area contributed by atoms with Crippen molar-refractivity contribution in [1.29, 1.82) is 0 Å². The zero-order valence-electron chi connectivity index (χ0n) is 7.05. The lowest BCUT2D eigenvalue weighted by Crippen LogP contribution is -1.92. The van der Waals surface area contributed by atoms with Gasteiger partial charge in [0.15, 0.2) is 0 Å².